The zero-order chi connectivity index (χ0) is 15.3. The van der Waals surface area contributed by atoms with E-state index < -0.39 is 0 Å². The highest BCUT2D eigenvalue weighted by Gasteiger charge is 2.22. The van der Waals surface area contributed by atoms with E-state index in [0.717, 1.165) is 11.0 Å². The molecule has 1 saturated carbocycles. The van der Waals surface area contributed by atoms with Crippen molar-refractivity contribution in [3.63, 3.8) is 0 Å². The van der Waals surface area contributed by atoms with Crippen LogP contribution in [0.25, 0.3) is 0 Å². The fourth-order valence-corrected chi connectivity index (χ4v) is 3.20. The average Bonchev–Trinajstić information content (AvgIpc) is 2.43. The fraction of sp³-hybridized carbons (Fsp3) is 0.667. The molecule has 0 radical (unpaired) electrons. The lowest BCUT2D eigenvalue weighted by Crippen LogP contribution is -2.40. The van der Waals surface area contributed by atoms with Crippen molar-refractivity contribution in [2.75, 3.05) is 6.54 Å². The molecule has 118 valence electrons. The molecule has 3 heteroatoms. The van der Waals surface area contributed by atoms with E-state index in [1.165, 1.54) is 37.7 Å². The van der Waals surface area contributed by atoms with Gasteiger partial charge in [-0.2, -0.15) is 0 Å². The lowest BCUT2D eigenvalue weighted by Gasteiger charge is -2.30. The molecule has 0 aromatic heterocycles. The zero-order valence-electron chi connectivity index (χ0n) is 13.5. The molecule has 21 heavy (non-hydrogen) atoms. The summed E-state index contributed by atoms with van der Waals surface area (Å²) in [6.07, 6.45) is 6.95. The highest BCUT2D eigenvalue weighted by molar-refractivity contribution is 9.10. The van der Waals surface area contributed by atoms with Crippen molar-refractivity contribution < 1.29 is 4.74 Å². The minimum absolute atomic E-state index is 0.111. The number of ether oxygens (including phenoxy) is 1. The molecule has 0 saturated heterocycles. The van der Waals surface area contributed by atoms with Crippen molar-refractivity contribution in [3.8, 4) is 0 Å². The van der Waals surface area contributed by atoms with Crippen LogP contribution in [0.4, 0.5) is 0 Å². The number of nitrogens with one attached hydrogen (secondary N) is 1. The van der Waals surface area contributed by atoms with E-state index in [2.05, 4.69) is 66.3 Å². The van der Waals surface area contributed by atoms with Crippen LogP contribution in [0, 0.1) is 0 Å². The second-order valence-electron chi connectivity index (χ2n) is 7.07. The summed E-state index contributed by atoms with van der Waals surface area (Å²) in [6, 6.07) is 8.51. The van der Waals surface area contributed by atoms with Gasteiger partial charge in [-0.15, -0.1) is 0 Å². The van der Waals surface area contributed by atoms with Crippen molar-refractivity contribution in [2.24, 2.45) is 0 Å². The van der Waals surface area contributed by atoms with Crippen LogP contribution in [-0.4, -0.2) is 18.2 Å². The van der Waals surface area contributed by atoms with Crippen LogP contribution in [0.5, 0.6) is 0 Å². The first-order valence-corrected chi connectivity index (χ1v) is 8.89. The molecule has 2 nitrogen and oxygen atoms in total. The van der Waals surface area contributed by atoms with E-state index in [0.29, 0.717) is 6.10 Å². The van der Waals surface area contributed by atoms with Gasteiger partial charge in [-0.25, -0.2) is 0 Å². The Morgan fingerprint density at radius 3 is 2.57 bits per heavy atom. The molecule has 1 aromatic carbocycles. The summed E-state index contributed by atoms with van der Waals surface area (Å²) in [5.74, 6) is 0. The number of halogens is 1. The first kappa shape index (κ1) is 17.0. The highest BCUT2D eigenvalue weighted by atomic mass is 79.9. The predicted molar refractivity (Wildman–Crippen MR) is 92.6 cm³/mol. The molecule has 1 N–H and O–H groups in total. The topological polar surface area (TPSA) is 21.3 Å². The molecule has 0 aliphatic heterocycles. The summed E-state index contributed by atoms with van der Waals surface area (Å²) in [6.45, 7) is 7.46. The van der Waals surface area contributed by atoms with Gasteiger partial charge in [0.2, 0.25) is 0 Å². The van der Waals surface area contributed by atoms with Crippen LogP contribution in [0.15, 0.2) is 28.7 Å². The summed E-state index contributed by atoms with van der Waals surface area (Å²) in [4.78, 5) is 0. The highest BCUT2D eigenvalue weighted by Crippen LogP contribution is 2.28. The fourth-order valence-electron chi connectivity index (χ4n) is 2.78. The lowest BCUT2D eigenvalue weighted by molar-refractivity contribution is -0.0328. The molecule has 1 aliphatic rings. The van der Waals surface area contributed by atoms with Crippen LogP contribution in [-0.2, 0) is 4.74 Å². The van der Waals surface area contributed by atoms with E-state index in [9.17, 15) is 0 Å². The van der Waals surface area contributed by atoms with Crippen LogP contribution < -0.4 is 5.32 Å². The first-order valence-electron chi connectivity index (χ1n) is 8.10. The van der Waals surface area contributed by atoms with Crippen molar-refractivity contribution in [2.45, 2.75) is 70.6 Å². The zero-order valence-corrected chi connectivity index (χ0v) is 15.1. The average molecular weight is 354 g/mol. The van der Waals surface area contributed by atoms with Gasteiger partial charge in [0.25, 0.3) is 0 Å². The Morgan fingerprint density at radius 1 is 1.24 bits per heavy atom. The smallest absolute Gasteiger partial charge is 0.0953 e. The monoisotopic (exact) mass is 353 g/mol. The van der Waals surface area contributed by atoms with Crippen molar-refractivity contribution in [1.82, 2.24) is 5.32 Å². The molecule has 1 unspecified atom stereocenters. The molecule has 0 heterocycles. The Morgan fingerprint density at radius 2 is 1.95 bits per heavy atom. The standard InChI is InChI=1S/C18H28BrNO/c1-18(2,3)20-13-17(14-8-7-9-15(19)12-14)21-16-10-5-4-6-11-16/h7-9,12,16-17,20H,4-6,10-11,13H2,1-3H3. The number of rotatable bonds is 5. The summed E-state index contributed by atoms with van der Waals surface area (Å²) in [5.41, 5.74) is 1.37. The van der Waals surface area contributed by atoms with Crippen molar-refractivity contribution in [1.29, 1.82) is 0 Å². The van der Waals surface area contributed by atoms with Crippen molar-refractivity contribution >= 4 is 15.9 Å². The first-order chi connectivity index (χ1) is 9.94. The van der Waals surface area contributed by atoms with Gasteiger partial charge in [-0.1, -0.05) is 47.3 Å². The lowest BCUT2D eigenvalue weighted by atomic mass is 9.97. The molecule has 0 amide bonds. The number of hydrogen-bond acceptors (Lipinski definition) is 2. The van der Waals surface area contributed by atoms with Gasteiger partial charge in [-0.05, 0) is 51.3 Å². The van der Waals surface area contributed by atoms with Gasteiger partial charge < -0.3 is 10.1 Å². The molecule has 1 aromatic rings. The van der Waals surface area contributed by atoms with Gasteiger partial charge in [-0.3, -0.25) is 0 Å². The third-order valence-corrected chi connectivity index (χ3v) is 4.44. The molecular weight excluding hydrogens is 326 g/mol. The van der Waals surface area contributed by atoms with E-state index in [-0.39, 0.29) is 11.6 Å². The van der Waals surface area contributed by atoms with Gasteiger partial charge in [0.15, 0.2) is 0 Å². The molecule has 1 fully saturated rings. The molecule has 2 rings (SSSR count). The predicted octanol–water partition coefficient (Wildman–Crippen LogP) is 5.23. The third kappa shape index (κ3) is 6.09. The number of benzene rings is 1. The van der Waals surface area contributed by atoms with Gasteiger partial charge in [0, 0.05) is 16.6 Å². The van der Waals surface area contributed by atoms with Crippen molar-refractivity contribution in [3.05, 3.63) is 34.3 Å². The van der Waals surface area contributed by atoms with E-state index >= 15 is 0 Å². The van der Waals surface area contributed by atoms with E-state index in [1.54, 1.807) is 0 Å². The SMILES string of the molecule is CC(C)(C)NCC(OC1CCCCC1)c1cccc(Br)c1. The number of hydrogen-bond donors (Lipinski definition) is 1. The van der Waals surface area contributed by atoms with Crippen LogP contribution in [0.2, 0.25) is 0 Å². The molecule has 0 spiro atoms. The Labute approximate surface area is 137 Å². The van der Waals surface area contributed by atoms with E-state index in [4.69, 9.17) is 4.74 Å². The molecule has 1 aliphatic carbocycles. The Hall–Kier alpha value is -0.380. The Bertz CT molecular complexity index is 435. The largest absolute Gasteiger partial charge is 0.369 e. The normalized spacial score (nSPS) is 18.7. The molecular formula is C18H28BrNO. The Kier molecular flexibility index (Phi) is 6.27. The van der Waals surface area contributed by atoms with Gasteiger partial charge in [0.1, 0.15) is 0 Å². The minimum Gasteiger partial charge on any atom is -0.369 e. The minimum atomic E-state index is 0.111. The molecule has 1 atom stereocenters. The maximum Gasteiger partial charge on any atom is 0.0953 e. The van der Waals surface area contributed by atoms with Crippen LogP contribution in [0.3, 0.4) is 0 Å². The summed E-state index contributed by atoms with van der Waals surface area (Å²) in [7, 11) is 0. The van der Waals surface area contributed by atoms with Gasteiger partial charge >= 0.3 is 0 Å². The second kappa shape index (κ2) is 7.75. The van der Waals surface area contributed by atoms with Crippen LogP contribution >= 0.6 is 15.9 Å². The quantitative estimate of drug-likeness (QED) is 0.782. The summed E-state index contributed by atoms with van der Waals surface area (Å²) < 4.78 is 7.56. The molecule has 0 bridgehead atoms. The Balaban J connectivity index is 2.05. The summed E-state index contributed by atoms with van der Waals surface area (Å²) >= 11 is 3.57. The van der Waals surface area contributed by atoms with Crippen LogP contribution in [0.1, 0.15) is 64.5 Å². The second-order valence-corrected chi connectivity index (χ2v) is 7.99. The summed E-state index contributed by atoms with van der Waals surface area (Å²) in [5, 5.41) is 3.59. The van der Waals surface area contributed by atoms with E-state index in [1.807, 2.05) is 0 Å². The maximum absolute atomic E-state index is 6.44. The van der Waals surface area contributed by atoms with Gasteiger partial charge in [0.05, 0.1) is 12.2 Å². The third-order valence-electron chi connectivity index (χ3n) is 3.95. The maximum atomic E-state index is 6.44.